The number of anilines is 2. The third-order valence-electron chi connectivity index (χ3n) is 3.75. The third kappa shape index (κ3) is 3.46. The van der Waals surface area contributed by atoms with Crippen molar-refractivity contribution in [3.63, 3.8) is 0 Å². The minimum Gasteiger partial charge on any atom is -0.442 e. The monoisotopic (exact) mass is 369 g/mol. The second-order valence-electron chi connectivity index (χ2n) is 5.46. The molecule has 0 saturated carbocycles. The quantitative estimate of drug-likeness (QED) is 0.821. The molecule has 24 heavy (non-hydrogen) atoms. The minimum absolute atomic E-state index is 0.195. The Balaban J connectivity index is 1.73. The van der Waals surface area contributed by atoms with Gasteiger partial charge in [-0.25, -0.2) is 9.18 Å². The van der Waals surface area contributed by atoms with Crippen molar-refractivity contribution in [3.8, 4) is 0 Å². The van der Waals surface area contributed by atoms with Crippen LogP contribution >= 0.6 is 24.0 Å². The van der Waals surface area contributed by atoms with Crippen LogP contribution < -0.4 is 15.1 Å². The number of cyclic esters (lactones) is 1. The molecule has 2 amide bonds. The fourth-order valence-electron chi connectivity index (χ4n) is 2.59. The topological polar surface area (TPSA) is 61.9 Å². The third-order valence-corrected chi connectivity index (χ3v) is 5.18. The number of thioether (sulfide) groups is 1. The molecule has 1 atom stereocenters. The maximum Gasteiger partial charge on any atom is 0.414 e. The molecule has 0 aliphatic carbocycles. The number of carbonyl (C=O) groups excluding carboxylic acids is 2. The van der Waals surface area contributed by atoms with Crippen LogP contribution in [0.2, 0.25) is 0 Å². The van der Waals surface area contributed by atoms with E-state index in [9.17, 15) is 14.0 Å². The molecule has 2 heterocycles. The second kappa shape index (κ2) is 6.94. The lowest BCUT2D eigenvalue weighted by Crippen LogP contribution is -2.33. The van der Waals surface area contributed by atoms with E-state index >= 15 is 0 Å². The molecule has 0 aromatic heterocycles. The van der Waals surface area contributed by atoms with E-state index in [0.29, 0.717) is 22.2 Å². The number of carbonyl (C=O) groups is 2. The molecule has 2 fully saturated rings. The second-order valence-corrected chi connectivity index (χ2v) is 7.18. The van der Waals surface area contributed by atoms with Crippen molar-refractivity contribution in [2.24, 2.45) is 0 Å². The van der Waals surface area contributed by atoms with Gasteiger partial charge in [-0.2, -0.15) is 0 Å². The number of benzene rings is 1. The molecule has 2 saturated heterocycles. The van der Waals surface area contributed by atoms with Crippen molar-refractivity contribution in [2.45, 2.75) is 13.0 Å². The van der Waals surface area contributed by atoms with Crippen LogP contribution in [0.3, 0.4) is 0 Å². The van der Waals surface area contributed by atoms with Crippen molar-refractivity contribution < 1.29 is 18.7 Å². The highest BCUT2D eigenvalue weighted by molar-refractivity contribution is 8.23. The summed E-state index contributed by atoms with van der Waals surface area (Å²) in [7, 11) is 0. The van der Waals surface area contributed by atoms with Crippen LogP contribution in [0.25, 0.3) is 0 Å². The number of thiocarbonyl (C=S) groups is 1. The van der Waals surface area contributed by atoms with Gasteiger partial charge in [0.15, 0.2) is 0 Å². The molecular weight excluding hydrogens is 353 g/mol. The molecule has 9 heteroatoms. The highest BCUT2D eigenvalue weighted by Gasteiger charge is 2.33. The Bertz CT molecular complexity index is 701. The van der Waals surface area contributed by atoms with Crippen molar-refractivity contribution in [3.05, 3.63) is 24.0 Å². The Labute approximate surface area is 148 Å². The summed E-state index contributed by atoms with van der Waals surface area (Å²) >= 11 is 6.73. The van der Waals surface area contributed by atoms with E-state index in [1.807, 2.05) is 0 Å². The molecule has 1 N–H and O–H groups in total. The molecule has 1 aromatic rings. The van der Waals surface area contributed by atoms with Gasteiger partial charge in [-0.05, 0) is 18.2 Å². The molecule has 1 unspecified atom stereocenters. The zero-order valence-corrected chi connectivity index (χ0v) is 14.6. The largest absolute Gasteiger partial charge is 0.442 e. The number of hydrogen-bond acceptors (Lipinski definition) is 5. The first-order valence-electron chi connectivity index (χ1n) is 7.42. The number of amides is 2. The maximum absolute atomic E-state index is 14.5. The number of nitrogens with zero attached hydrogens (tertiary/aromatic N) is 2. The molecule has 3 rings (SSSR count). The molecule has 2 aliphatic rings. The molecule has 1 aromatic carbocycles. The summed E-state index contributed by atoms with van der Waals surface area (Å²) in [5, 5.41) is 2.60. The van der Waals surface area contributed by atoms with Gasteiger partial charge in [-0.1, -0.05) is 24.0 Å². The van der Waals surface area contributed by atoms with Crippen molar-refractivity contribution in [1.82, 2.24) is 5.32 Å². The summed E-state index contributed by atoms with van der Waals surface area (Å²) in [4.78, 5) is 26.0. The average Bonchev–Trinajstić information content (AvgIpc) is 3.11. The van der Waals surface area contributed by atoms with E-state index in [1.54, 1.807) is 17.0 Å². The first-order chi connectivity index (χ1) is 11.5. The lowest BCUT2D eigenvalue weighted by molar-refractivity contribution is -0.119. The van der Waals surface area contributed by atoms with Crippen LogP contribution in [0.5, 0.6) is 0 Å². The molecule has 0 bridgehead atoms. The molecule has 6 nitrogen and oxygen atoms in total. The Hall–Kier alpha value is -1.87. The van der Waals surface area contributed by atoms with Crippen LogP contribution in [0.4, 0.5) is 20.6 Å². The van der Waals surface area contributed by atoms with Crippen molar-refractivity contribution in [1.29, 1.82) is 0 Å². The molecular formula is C15H16FN3O3S2. The van der Waals surface area contributed by atoms with Gasteiger partial charge in [-0.15, -0.1) is 0 Å². The van der Waals surface area contributed by atoms with E-state index in [4.69, 9.17) is 17.0 Å². The van der Waals surface area contributed by atoms with Crippen LogP contribution in [-0.4, -0.2) is 47.8 Å². The van der Waals surface area contributed by atoms with Crippen LogP contribution in [0.15, 0.2) is 18.2 Å². The van der Waals surface area contributed by atoms with E-state index in [-0.39, 0.29) is 19.0 Å². The van der Waals surface area contributed by atoms with Gasteiger partial charge in [0.2, 0.25) is 5.91 Å². The number of nitrogens with one attached hydrogen (secondary N) is 1. The SMILES string of the molecule is CC(=O)NCC1CN(c2ccc(N3CCSC3=S)c(F)c2)C(=O)O1. The fraction of sp³-hybridized carbons (Fsp3) is 0.400. The highest BCUT2D eigenvalue weighted by atomic mass is 32.2. The lowest BCUT2D eigenvalue weighted by atomic mass is 10.2. The minimum atomic E-state index is -0.551. The summed E-state index contributed by atoms with van der Waals surface area (Å²) in [6.07, 6.45) is -1.00. The smallest absolute Gasteiger partial charge is 0.414 e. The van der Waals surface area contributed by atoms with Gasteiger partial charge in [0.05, 0.1) is 24.5 Å². The van der Waals surface area contributed by atoms with E-state index in [2.05, 4.69) is 5.32 Å². The number of rotatable bonds is 4. The standard InChI is InChI=1S/C15H16FN3O3S2/c1-9(20)17-7-11-8-19(14(21)22-11)10-2-3-13(12(16)6-10)18-4-5-24-15(18)23/h2-3,6,11H,4-5,7-8H2,1H3,(H,17,20). The summed E-state index contributed by atoms with van der Waals surface area (Å²) in [5.74, 6) is 0.207. The van der Waals surface area contributed by atoms with E-state index in [1.165, 1.54) is 29.7 Å². The van der Waals surface area contributed by atoms with Crippen molar-refractivity contribution >= 4 is 51.7 Å². The summed E-state index contributed by atoms with van der Waals surface area (Å²) in [5.41, 5.74) is 0.834. The van der Waals surface area contributed by atoms with Gasteiger partial charge < -0.3 is 15.0 Å². The lowest BCUT2D eigenvalue weighted by Gasteiger charge is -2.20. The predicted octanol–water partition coefficient (Wildman–Crippen LogP) is 2.13. The van der Waals surface area contributed by atoms with Gasteiger partial charge in [0.25, 0.3) is 0 Å². The van der Waals surface area contributed by atoms with Crippen LogP contribution in [-0.2, 0) is 9.53 Å². The van der Waals surface area contributed by atoms with Gasteiger partial charge in [0, 0.05) is 19.2 Å². The number of halogens is 1. The number of hydrogen-bond donors (Lipinski definition) is 1. The van der Waals surface area contributed by atoms with E-state index in [0.717, 1.165) is 5.75 Å². The zero-order chi connectivity index (χ0) is 17.3. The zero-order valence-electron chi connectivity index (χ0n) is 13.0. The molecule has 2 aliphatic heterocycles. The van der Waals surface area contributed by atoms with Crippen LogP contribution in [0, 0.1) is 5.82 Å². The first kappa shape index (κ1) is 17.0. The summed E-state index contributed by atoms with van der Waals surface area (Å²) < 4.78 is 20.3. The Morgan fingerprint density at radius 3 is 2.92 bits per heavy atom. The summed E-state index contributed by atoms with van der Waals surface area (Å²) in [6, 6.07) is 4.60. The Morgan fingerprint density at radius 2 is 2.29 bits per heavy atom. The maximum atomic E-state index is 14.5. The first-order valence-corrected chi connectivity index (χ1v) is 8.81. The Morgan fingerprint density at radius 1 is 1.50 bits per heavy atom. The number of ether oxygens (including phenoxy) is 1. The Kier molecular flexibility index (Phi) is 4.91. The summed E-state index contributed by atoms with van der Waals surface area (Å²) in [6.45, 7) is 2.56. The highest BCUT2D eigenvalue weighted by Crippen LogP contribution is 2.31. The van der Waals surface area contributed by atoms with Gasteiger partial charge in [-0.3, -0.25) is 9.69 Å². The fourth-order valence-corrected chi connectivity index (χ4v) is 3.82. The molecule has 128 valence electrons. The van der Waals surface area contributed by atoms with Crippen molar-refractivity contribution in [2.75, 3.05) is 35.2 Å². The van der Waals surface area contributed by atoms with Crippen LogP contribution in [0.1, 0.15) is 6.92 Å². The van der Waals surface area contributed by atoms with Gasteiger partial charge in [0.1, 0.15) is 16.2 Å². The average molecular weight is 369 g/mol. The predicted molar refractivity (Wildman–Crippen MR) is 95.1 cm³/mol. The normalized spacial score (nSPS) is 20.5. The van der Waals surface area contributed by atoms with Gasteiger partial charge >= 0.3 is 6.09 Å². The van der Waals surface area contributed by atoms with E-state index < -0.39 is 18.0 Å². The molecule has 0 spiro atoms. The molecule has 0 radical (unpaired) electrons.